The number of aromatic hydroxyl groups is 1. The fourth-order valence-electron chi connectivity index (χ4n) is 2.87. The molecule has 120 valence electrons. The Balaban J connectivity index is 1.91. The summed E-state index contributed by atoms with van der Waals surface area (Å²) in [4.78, 5) is 14.1. The van der Waals surface area contributed by atoms with Crippen molar-refractivity contribution in [2.24, 2.45) is 0 Å². The summed E-state index contributed by atoms with van der Waals surface area (Å²) in [6.45, 7) is 5.91. The summed E-state index contributed by atoms with van der Waals surface area (Å²) in [6, 6.07) is 4.66. The average molecular weight is 307 g/mol. The quantitative estimate of drug-likeness (QED) is 0.775. The lowest BCUT2D eigenvalue weighted by Crippen LogP contribution is -2.45. The van der Waals surface area contributed by atoms with Gasteiger partial charge in [0.15, 0.2) is 6.29 Å². The zero-order valence-corrected chi connectivity index (χ0v) is 12.9. The van der Waals surface area contributed by atoms with Gasteiger partial charge in [0.2, 0.25) is 0 Å². The van der Waals surface area contributed by atoms with E-state index >= 15 is 0 Å². The number of aliphatic hydroxyl groups excluding tert-OH is 1. The number of carbonyl (C=O) groups is 1. The van der Waals surface area contributed by atoms with E-state index in [1.54, 1.807) is 23.1 Å². The van der Waals surface area contributed by atoms with Gasteiger partial charge in [-0.1, -0.05) is 6.07 Å². The van der Waals surface area contributed by atoms with E-state index in [-0.39, 0.29) is 5.75 Å². The van der Waals surface area contributed by atoms with Crippen molar-refractivity contribution in [3.05, 3.63) is 29.3 Å². The van der Waals surface area contributed by atoms with Crippen LogP contribution in [0, 0.1) is 0 Å². The maximum absolute atomic E-state index is 12.5. The molecule has 0 saturated carbocycles. The van der Waals surface area contributed by atoms with E-state index in [4.69, 9.17) is 9.47 Å². The number of epoxide rings is 1. The van der Waals surface area contributed by atoms with E-state index in [0.717, 1.165) is 11.1 Å². The molecular weight excluding hydrogens is 286 g/mol. The van der Waals surface area contributed by atoms with Crippen LogP contribution in [0.4, 0.5) is 4.79 Å². The normalized spacial score (nSPS) is 27.3. The van der Waals surface area contributed by atoms with Crippen molar-refractivity contribution in [3.8, 4) is 5.75 Å². The Hall–Kier alpha value is -1.79. The van der Waals surface area contributed by atoms with Crippen LogP contribution in [0.25, 0.3) is 0 Å². The first-order valence-electron chi connectivity index (χ1n) is 7.41. The first-order valence-corrected chi connectivity index (χ1v) is 7.41. The van der Waals surface area contributed by atoms with Gasteiger partial charge in [-0.25, -0.2) is 4.79 Å². The molecule has 3 rings (SSSR count). The minimum absolute atomic E-state index is 0.195. The van der Waals surface area contributed by atoms with Gasteiger partial charge in [-0.2, -0.15) is 0 Å². The molecule has 2 aliphatic rings. The number of rotatable bonds is 1. The molecule has 1 fully saturated rings. The number of benzene rings is 1. The maximum atomic E-state index is 12.5. The zero-order chi connectivity index (χ0) is 16.1. The van der Waals surface area contributed by atoms with Crippen molar-refractivity contribution in [2.75, 3.05) is 6.54 Å². The van der Waals surface area contributed by atoms with E-state index < -0.39 is 30.1 Å². The zero-order valence-electron chi connectivity index (χ0n) is 12.9. The minimum Gasteiger partial charge on any atom is -0.508 e. The highest BCUT2D eigenvalue weighted by Crippen LogP contribution is 2.42. The maximum Gasteiger partial charge on any atom is 0.410 e. The summed E-state index contributed by atoms with van der Waals surface area (Å²) in [7, 11) is 0. The SMILES string of the molecule is CC(C)(C)OC(=O)N1CCc2cc(O)ccc2C1C1OC1O. The molecule has 1 aromatic carbocycles. The second-order valence-corrected chi connectivity index (χ2v) is 6.74. The van der Waals surface area contributed by atoms with Gasteiger partial charge in [-0.3, -0.25) is 4.90 Å². The third kappa shape index (κ3) is 2.89. The highest BCUT2D eigenvalue weighted by molar-refractivity contribution is 5.70. The number of amides is 1. The highest BCUT2D eigenvalue weighted by atomic mass is 16.7. The number of aliphatic hydroxyl groups is 1. The first kappa shape index (κ1) is 15.1. The van der Waals surface area contributed by atoms with E-state index in [1.165, 1.54) is 0 Å². The smallest absolute Gasteiger partial charge is 0.410 e. The van der Waals surface area contributed by atoms with Gasteiger partial charge >= 0.3 is 6.09 Å². The Morgan fingerprint density at radius 3 is 2.68 bits per heavy atom. The van der Waals surface area contributed by atoms with Crippen molar-refractivity contribution >= 4 is 6.09 Å². The van der Waals surface area contributed by atoms with Crippen LogP contribution in [0.2, 0.25) is 0 Å². The van der Waals surface area contributed by atoms with Crippen LogP contribution in [-0.4, -0.2) is 45.7 Å². The van der Waals surface area contributed by atoms with Crippen LogP contribution in [0.5, 0.6) is 5.75 Å². The number of nitrogens with zero attached hydrogens (tertiary/aromatic N) is 1. The fraction of sp³-hybridized carbons (Fsp3) is 0.562. The number of carbonyl (C=O) groups excluding carboxylic acids is 1. The second kappa shape index (κ2) is 5.14. The number of hydrogen-bond acceptors (Lipinski definition) is 5. The van der Waals surface area contributed by atoms with Crippen molar-refractivity contribution in [1.29, 1.82) is 0 Å². The van der Waals surface area contributed by atoms with Gasteiger partial charge in [0.25, 0.3) is 0 Å². The summed E-state index contributed by atoms with van der Waals surface area (Å²) in [6.07, 6.45) is -1.10. The first-order chi connectivity index (χ1) is 10.3. The molecule has 2 N–H and O–H groups in total. The average Bonchev–Trinajstić information content (AvgIpc) is 3.11. The van der Waals surface area contributed by atoms with Crippen molar-refractivity contribution < 1.29 is 24.5 Å². The molecule has 1 saturated heterocycles. The third-order valence-corrected chi connectivity index (χ3v) is 3.84. The number of phenolic OH excluding ortho intramolecular Hbond substituents is 1. The van der Waals surface area contributed by atoms with Gasteiger partial charge in [0.05, 0.1) is 6.04 Å². The van der Waals surface area contributed by atoms with Crippen LogP contribution in [0.3, 0.4) is 0 Å². The molecule has 22 heavy (non-hydrogen) atoms. The lowest BCUT2D eigenvalue weighted by Gasteiger charge is -2.37. The molecule has 1 amide bonds. The standard InChI is InChI=1S/C16H21NO5/c1-16(2,3)22-15(20)17-7-6-9-8-10(18)4-5-11(9)12(17)13-14(19)21-13/h4-5,8,12-14,18-19H,6-7H2,1-3H3. The Bertz CT molecular complexity index is 595. The van der Waals surface area contributed by atoms with E-state index in [1.807, 2.05) is 20.8 Å². The van der Waals surface area contributed by atoms with Crippen LogP contribution >= 0.6 is 0 Å². The van der Waals surface area contributed by atoms with Crippen LogP contribution < -0.4 is 0 Å². The fourth-order valence-corrected chi connectivity index (χ4v) is 2.87. The summed E-state index contributed by atoms with van der Waals surface area (Å²) >= 11 is 0. The molecule has 3 atom stereocenters. The largest absolute Gasteiger partial charge is 0.508 e. The molecule has 0 radical (unpaired) electrons. The third-order valence-electron chi connectivity index (χ3n) is 3.84. The summed E-state index contributed by atoms with van der Waals surface area (Å²) < 4.78 is 10.7. The molecule has 6 nitrogen and oxygen atoms in total. The van der Waals surface area contributed by atoms with Crippen molar-refractivity contribution in [3.63, 3.8) is 0 Å². The molecule has 6 heteroatoms. The molecule has 2 aliphatic heterocycles. The Labute approximate surface area is 129 Å². The van der Waals surface area contributed by atoms with Crippen molar-refractivity contribution in [2.45, 2.75) is 51.2 Å². The Morgan fingerprint density at radius 2 is 2.09 bits per heavy atom. The van der Waals surface area contributed by atoms with Gasteiger partial charge in [0.1, 0.15) is 17.5 Å². The minimum atomic E-state index is -0.866. The molecule has 1 aromatic rings. The molecule has 3 unspecified atom stereocenters. The lowest BCUT2D eigenvalue weighted by atomic mass is 9.90. The second-order valence-electron chi connectivity index (χ2n) is 6.74. The number of fused-ring (bicyclic) bond motifs is 1. The molecule has 2 heterocycles. The topological polar surface area (TPSA) is 82.5 Å². The van der Waals surface area contributed by atoms with E-state index in [0.29, 0.717) is 13.0 Å². The summed E-state index contributed by atoms with van der Waals surface area (Å²) in [5, 5.41) is 19.3. The Kier molecular flexibility index (Phi) is 3.53. The lowest BCUT2D eigenvalue weighted by molar-refractivity contribution is 0.0109. The van der Waals surface area contributed by atoms with E-state index in [9.17, 15) is 15.0 Å². The summed E-state index contributed by atoms with van der Waals surface area (Å²) in [5.41, 5.74) is 1.27. The molecule has 0 spiro atoms. The van der Waals surface area contributed by atoms with Gasteiger partial charge < -0.3 is 19.7 Å². The van der Waals surface area contributed by atoms with Crippen LogP contribution in [-0.2, 0) is 15.9 Å². The van der Waals surface area contributed by atoms with Gasteiger partial charge in [-0.15, -0.1) is 0 Å². The van der Waals surface area contributed by atoms with Gasteiger partial charge in [-0.05, 0) is 50.5 Å². The summed E-state index contributed by atoms with van der Waals surface area (Å²) in [5.74, 6) is 0.195. The molecule has 0 aliphatic carbocycles. The number of hydrogen-bond donors (Lipinski definition) is 2. The van der Waals surface area contributed by atoms with Crippen molar-refractivity contribution in [1.82, 2.24) is 4.90 Å². The highest BCUT2D eigenvalue weighted by Gasteiger charge is 2.50. The predicted octanol–water partition coefficient (Wildman–Crippen LogP) is 1.94. The Morgan fingerprint density at radius 1 is 1.41 bits per heavy atom. The van der Waals surface area contributed by atoms with Crippen LogP contribution in [0.1, 0.15) is 37.9 Å². The van der Waals surface area contributed by atoms with Gasteiger partial charge in [0, 0.05) is 6.54 Å². The molecule has 0 bridgehead atoms. The number of phenols is 1. The molecule has 0 aromatic heterocycles. The van der Waals surface area contributed by atoms with Crippen LogP contribution in [0.15, 0.2) is 18.2 Å². The predicted molar refractivity (Wildman–Crippen MR) is 78.4 cm³/mol. The van der Waals surface area contributed by atoms with E-state index in [2.05, 4.69) is 0 Å². The monoisotopic (exact) mass is 307 g/mol. The molecular formula is C16H21NO5. The number of ether oxygens (including phenoxy) is 2.